The molecular formula is C9H11F3N2O3. The Kier molecular flexibility index (Phi) is 3.46. The molecule has 0 aromatic carbocycles. The van der Waals surface area contributed by atoms with E-state index < -0.39 is 17.7 Å². The Hall–Kier alpha value is -1.57. The third kappa shape index (κ3) is 2.57. The van der Waals surface area contributed by atoms with E-state index in [-0.39, 0.29) is 12.2 Å². The van der Waals surface area contributed by atoms with Crippen LogP contribution in [0.2, 0.25) is 0 Å². The van der Waals surface area contributed by atoms with Crippen LogP contribution in [0.25, 0.3) is 0 Å². The van der Waals surface area contributed by atoms with Gasteiger partial charge in [0.15, 0.2) is 6.39 Å². The number of halogens is 3. The average molecular weight is 252 g/mol. The molecular weight excluding hydrogens is 241 g/mol. The summed E-state index contributed by atoms with van der Waals surface area (Å²) in [6, 6.07) is 0. The van der Waals surface area contributed by atoms with Crippen LogP contribution in [0, 0.1) is 6.92 Å². The van der Waals surface area contributed by atoms with Gasteiger partial charge in [0.2, 0.25) is 5.54 Å². The lowest BCUT2D eigenvalue weighted by Crippen LogP contribution is -2.59. The summed E-state index contributed by atoms with van der Waals surface area (Å²) < 4.78 is 42.6. The Balaban J connectivity index is 2.83. The molecule has 0 aliphatic carbocycles. The van der Waals surface area contributed by atoms with Crippen LogP contribution in [-0.4, -0.2) is 27.8 Å². The maximum atomic E-state index is 12.6. The summed E-state index contributed by atoms with van der Waals surface area (Å²) in [6.45, 7) is 1.74. The number of hydrogen-bond donors (Lipinski definition) is 2. The van der Waals surface area contributed by atoms with Crippen molar-refractivity contribution < 1.29 is 27.5 Å². The molecule has 1 aromatic heterocycles. The number of oxazole rings is 1. The fourth-order valence-corrected chi connectivity index (χ4v) is 1.06. The molecule has 2 N–H and O–H groups in total. The third-order valence-corrected chi connectivity index (χ3v) is 2.45. The number of nitrogens with one attached hydrogen (secondary N) is 1. The first-order chi connectivity index (χ1) is 7.68. The highest BCUT2D eigenvalue weighted by Crippen LogP contribution is 2.30. The number of aliphatic carboxylic acids is 1. The van der Waals surface area contributed by atoms with E-state index in [4.69, 9.17) is 9.52 Å². The molecule has 1 rings (SSSR count). The van der Waals surface area contributed by atoms with E-state index in [2.05, 4.69) is 4.98 Å². The topological polar surface area (TPSA) is 75.4 Å². The van der Waals surface area contributed by atoms with E-state index in [1.807, 2.05) is 5.32 Å². The third-order valence-electron chi connectivity index (χ3n) is 2.45. The van der Waals surface area contributed by atoms with E-state index >= 15 is 0 Å². The fourth-order valence-electron chi connectivity index (χ4n) is 1.06. The largest absolute Gasteiger partial charge is 0.480 e. The van der Waals surface area contributed by atoms with Crippen molar-refractivity contribution >= 4 is 5.97 Å². The summed E-state index contributed by atoms with van der Waals surface area (Å²) in [5.41, 5.74) is -2.78. The van der Waals surface area contributed by atoms with Gasteiger partial charge >= 0.3 is 12.1 Å². The molecule has 0 amide bonds. The average Bonchev–Trinajstić information content (AvgIpc) is 2.58. The molecule has 96 valence electrons. The van der Waals surface area contributed by atoms with Crippen molar-refractivity contribution in [1.29, 1.82) is 0 Å². The maximum absolute atomic E-state index is 12.6. The maximum Gasteiger partial charge on any atom is 0.417 e. The molecule has 17 heavy (non-hydrogen) atoms. The van der Waals surface area contributed by atoms with Crippen molar-refractivity contribution in [2.75, 3.05) is 0 Å². The van der Waals surface area contributed by atoms with Gasteiger partial charge < -0.3 is 9.52 Å². The monoisotopic (exact) mass is 252 g/mol. The summed E-state index contributed by atoms with van der Waals surface area (Å²) >= 11 is 0. The number of hydrogen-bond acceptors (Lipinski definition) is 4. The Morgan fingerprint density at radius 1 is 1.59 bits per heavy atom. The van der Waals surface area contributed by atoms with Crippen LogP contribution in [0.5, 0.6) is 0 Å². The first-order valence-electron chi connectivity index (χ1n) is 4.62. The normalized spacial score (nSPS) is 15.6. The Bertz CT molecular complexity index is 416. The number of rotatable bonds is 4. The van der Waals surface area contributed by atoms with Gasteiger partial charge in [0.25, 0.3) is 0 Å². The first-order valence-corrected chi connectivity index (χ1v) is 4.62. The SMILES string of the molecule is Cc1ocnc1CNC(C)(C(=O)O)C(F)(F)F. The number of aryl methyl sites for hydroxylation is 1. The molecule has 1 heterocycles. The molecule has 0 aliphatic rings. The molecule has 8 heteroatoms. The number of carboxylic acid groups (broad SMARTS) is 1. The predicted molar refractivity (Wildman–Crippen MR) is 50.2 cm³/mol. The lowest BCUT2D eigenvalue weighted by Gasteiger charge is -2.28. The van der Waals surface area contributed by atoms with Gasteiger partial charge in [0, 0.05) is 6.54 Å². The van der Waals surface area contributed by atoms with Crippen molar-refractivity contribution in [2.45, 2.75) is 32.1 Å². The second-order valence-corrected chi connectivity index (χ2v) is 3.64. The van der Waals surface area contributed by atoms with Crippen LogP contribution >= 0.6 is 0 Å². The van der Waals surface area contributed by atoms with Gasteiger partial charge in [-0.3, -0.25) is 5.32 Å². The Morgan fingerprint density at radius 3 is 2.53 bits per heavy atom. The summed E-state index contributed by atoms with van der Waals surface area (Å²) in [4.78, 5) is 14.4. The molecule has 0 radical (unpaired) electrons. The minimum absolute atomic E-state index is 0.238. The standard InChI is InChI=1S/C9H11F3N2O3/c1-5-6(13-4-17-5)3-14-8(2,7(15)16)9(10,11)12/h4,14H,3H2,1-2H3,(H,15,16). The summed E-state index contributed by atoms with van der Waals surface area (Å²) in [5.74, 6) is -1.65. The van der Waals surface area contributed by atoms with Crippen LogP contribution in [-0.2, 0) is 11.3 Å². The quantitative estimate of drug-likeness (QED) is 0.848. The number of alkyl halides is 3. The van der Waals surface area contributed by atoms with E-state index in [1.165, 1.54) is 6.92 Å². The zero-order valence-corrected chi connectivity index (χ0v) is 9.13. The van der Waals surface area contributed by atoms with Gasteiger partial charge in [-0.25, -0.2) is 9.78 Å². The van der Waals surface area contributed by atoms with Gasteiger partial charge in [-0.1, -0.05) is 0 Å². The van der Waals surface area contributed by atoms with Gasteiger partial charge in [-0.2, -0.15) is 13.2 Å². The number of nitrogens with zero attached hydrogens (tertiary/aromatic N) is 1. The summed E-state index contributed by atoms with van der Waals surface area (Å²) in [7, 11) is 0. The highest BCUT2D eigenvalue weighted by Gasteiger charge is 2.57. The van der Waals surface area contributed by atoms with Crippen molar-refractivity contribution in [3.8, 4) is 0 Å². The first kappa shape index (κ1) is 13.5. The molecule has 5 nitrogen and oxygen atoms in total. The lowest BCUT2D eigenvalue weighted by atomic mass is 10.0. The number of carboxylic acids is 1. The van der Waals surface area contributed by atoms with Crippen LogP contribution in [0.15, 0.2) is 10.8 Å². The minimum Gasteiger partial charge on any atom is -0.480 e. The van der Waals surface area contributed by atoms with Crippen LogP contribution < -0.4 is 5.32 Å². The molecule has 0 spiro atoms. The Labute approximate surface area is 94.6 Å². The van der Waals surface area contributed by atoms with Crippen LogP contribution in [0.4, 0.5) is 13.2 Å². The van der Waals surface area contributed by atoms with Gasteiger partial charge in [-0.05, 0) is 13.8 Å². The van der Waals surface area contributed by atoms with Crippen molar-refractivity contribution in [3.63, 3.8) is 0 Å². The highest BCUT2D eigenvalue weighted by atomic mass is 19.4. The molecule has 1 aromatic rings. The molecule has 0 aliphatic heterocycles. The number of aromatic nitrogens is 1. The van der Waals surface area contributed by atoms with Gasteiger partial charge in [0.05, 0.1) is 5.69 Å². The molecule has 0 fully saturated rings. The molecule has 0 saturated carbocycles. The highest BCUT2D eigenvalue weighted by molar-refractivity contribution is 5.79. The summed E-state index contributed by atoms with van der Waals surface area (Å²) in [5, 5.41) is 10.6. The molecule has 1 unspecified atom stereocenters. The van der Waals surface area contributed by atoms with E-state index in [9.17, 15) is 18.0 Å². The van der Waals surface area contributed by atoms with Crippen LogP contribution in [0.3, 0.4) is 0 Å². The lowest BCUT2D eigenvalue weighted by molar-refractivity contribution is -0.206. The van der Waals surface area contributed by atoms with Crippen molar-refractivity contribution in [2.24, 2.45) is 0 Å². The zero-order valence-electron chi connectivity index (χ0n) is 9.13. The Morgan fingerprint density at radius 2 is 2.18 bits per heavy atom. The smallest absolute Gasteiger partial charge is 0.417 e. The zero-order chi connectivity index (χ0) is 13.3. The van der Waals surface area contributed by atoms with E-state index in [0.717, 1.165) is 6.39 Å². The van der Waals surface area contributed by atoms with E-state index in [0.29, 0.717) is 12.7 Å². The van der Waals surface area contributed by atoms with Gasteiger partial charge in [-0.15, -0.1) is 0 Å². The molecule has 0 bridgehead atoms. The molecule has 0 saturated heterocycles. The van der Waals surface area contributed by atoms with Crippen molar-refractivity contribution in [3.05, 3.63) is 17.8 Å². The van der Waals surface area contributed by atoms with Crippen molar-refractivity contribution in [1.82, 2.24) is 10.3 Å². The predicted octanol–water partition coefficient (Wildman–Crippen LogP) is 1.48. The van der Waals surface area contributed by atoms with E-state index in [1.54, 1.807) is 0 Å². The number of carbonyl (C=O) groups is 1. The second kappa shape index (κ2) is 4.36. The minimum atomic E-state index is -4.91. The fraction of sp³-hybridized carbons (Fsp3) is 0.556. The molecule has 1 atom stereocenters. The van der Waals surface area contributed by atoms with Crippen LogP contribution in [0.1, 0.15) is 18.4 Å². The second-order valence-electron chi connectivity index (χ2n) is 3.64. The summed E-state index contributed by atoms with van der Waals surface area (Å²) in [6.07, 6.45) is -3.82. The van der Waals surface area contributed by atoms with Gasteiger partial charge in [0.1, 0.15) is 5.76 Å².